The van der Waals surface area contributed by atoms with Gasteiger partial charge in [0.15, 0.2) is 5.82 Å². The van der Waals surface area contributed by atoms with Crippen molar-refractivity contribution >= 4 is 35.2 Å². The maximum atomic E-state index is 13.5. The minimum absolute atomic E-state index is 0. The number of para-hydroxylation sites is 1. The van der Waals surface area contributed by atoms with E-state index in [1.807, 2.05) is 18.7 Å². The number of halogens is 3. The van der Waals surface area contributed by atoms with Gasteiger partial charge in [0.1, 0.15) is 28.5 Å². The number of methoxy groups -OCH3 is 1. The van der Waals surface area contributed by atoms with E-state index in [-0.39, 0.29) is 66.0 Å². The molecule has 0 radical (unpaired) electrons. The number of pyridine rings is 1. The molecule has 0 bridgehead atoms. The molecule has 15 heteroatoms. The van der Waals surface area contributed by atoms with Crippen molar-refractivity contribution < 1.29 is 35.9 Å². The van der Waals surface area contributed by atoms with Gasteiger partial charge in [0, 0.05) is 24.3 Å². The number of alkyl halides is 3. The molecule has 1 aromatic carbocycles. The number of ether oxygens (including phenoxy) is 2. The van der Waals surface area contributed by atoms with Gasteiger partial charge in [-0.1, -0.05) is 19.1 Å². The van der Waals surface area contributed by atoms with Crippen LogP contribution in [0.25, 0.3) is 5.82 Å². The number of hydrogen-bond donors (Lipinski definition) is 1. The van der Waals surface area contributed by atoms with E-state index in [1.54, 1.807) is 6.07 Å². The third-order valence-electron chi connectivity index (χ3n) is 7.77. The number of carbonyl (C=O) groups is 1. The zero-order valence-electron chi connectivity index (χ0n) is 24.1. The van der Waals surface area contributed by atoms with Crippen molar-refractivity contribution in [3.8, 4) is 17.4 Å². The molecule has 0 unspecified atom stereocenters. The summed E-state index contributed by atoms with van der Waals surface area (Å²) >= 11 is 0. The van der Waals surface area contributed by atoms with E-state index < -0.39 is 39.7 Å². The van der Waals surface area contributed by atoms with Crippen LogP contribution < -0.4 is 19.1 Å². The summed E-state index contributed by atoms with van der Waals surface area (Å²) in [6, 6.07) is 10.3. The molecule has 1 amide bonds. The molecule has 1 aliphatic heterocycles. The van der Waals surface area contributed by atoms with Gasteiger partial charge in [0.2, 0.25) is 5.88 Å². The average molecular weight is 642 g/mol. The second-order valence-electron chi connectivity index (χ2n) is 11.5. The van der Waals surface area contributed by atoms with Crippen LogP contribution in [0.4, 0.5) is 19.0 Å². The summed E-state index contributed by atoms with van der Waals surface area (Å²) in [4.78, 5) is 19.9. The number of anilines is 1. The lowest BCUT2D eigenvalue weighted by molar-refractivity contribution is -0.194. The molecule has 3 heterocycles. The second kappa shape index (κ2) is 11.6. The number of aromatic nitrogens is 3. The van der Waals surface area contributed by atoms with Crippen LogP contribution in [-0.2, 0) is 10.0 Å². The third-order valence-corrected chi connectivity index (χ3v) is 9.14. The SMILES string of the molecule is COc1ccccc1S(=O)(=O)NC(=O)c1ccc(-n2ccc(OCC3(C(F)(F)F)CC3)n2)nc1N1C[C@@H](C)CC1(C)C.S. The van der Waals surface area contributed by atoms with E-state index in [1.165, 1.54) is 54.4 Å². The van der Waals surface area contributed by atoms with Crippen molar-refractivity contribution in [2.75, 3.05) is 25.2 Å². The lowest BCUT2D eigenvalue weighted by Crippen LogP contribution is -2.41. The molecule has 2 aliphatic rings. The number of nitrogens with one attached hydrogen (secondary N) is 1. The van der Waals surface area contributed by atoms with Crippen LogP contribution in [0.3, 0.4) is 0 Å². The summed E-state index contributed by atoms with van der Waals surface area (Å²) in [7, 11) is -2.97. The van der Waals surface area contributed by atoms with E-state index in [0.29, 0.717) is 6.54 Å². The Labute approximate surface area is 255 Å². The molecular formula is C28H34F3N5O5S2. The maximum absolute atomic E-state index is 13.5. The lowest BCUT2D eigenvalue weighted by atomic mass is 9.97. The average Bonchev–Trinajstić information content (AvgIpc) is 3.50. The summed E-state index contributed by atoms with van der Waals surface area (Å²) in [6.07, 6.45) is -2.01. The number of nitrogens with zero attached hydrogens (tertiary/aromatic N) is 4. The molecule has 3 aromatic rings. The van der Waals surface area contributed by atoms with Crippen LogP contribution in [0.2, 0.25) is 0 Å². The van der Waals surface area contributed by atoms with Gasteiger partial charge in [0.05, 0.1) is 12.7 Å². The van der Waals surface area contributed by atoms with Crippen molar-refractivity contribution in [1.82, 2.24) is 19.5 Å². The monoisotopic (exact) mass is 641 g/mol. The minimum atomic E-state index is -4.35. The standard InChI is InChI=1S/C28H32F3N5O5S.H2S/c1-18-15-26(2,3)35(16-18)24-19(25(37)34-42(38,39)21-8-6-5-7-20(21)40-4)9-10-22(32-24)36-14-11-23(33-36)41-17-27(12-13-27)28(29,30)31;/h5-11,14,18H,12-13,15-17H2,1-4H3,(H,34,37);1H2/t18-;/m0./s1. The smallest absolute Gasteiger partial charge is 0.397 e. The Balaban J connectivity index is 0.00000423. The molecule has 1 N–H and O–H groups in total. The predicted molar refractivity (Wildman–Crippen MR) is 158 cm³/mol. The topological polar surface area (TPSA) is 116 Å². The summed E-state index contributed by atoms with van der Waals surface area (Å²) in [5.74, 6) is 0.00977. The fourth-order valence-electron chi connectivity index (χ4n) is 5.37. The van der Waals surface area contributed by atoms with Crippen LogP contribution in [0, 0.1) is 11.3 Å². The second-order valence-corrected chi connectivity index (χ2v) is 13.2. The number of sulfonamides is 1. The minimum Gasteiger partial charge on any atom is -0.495 e. The van der Waals surface area contributed by atoms with E-state index in [9.17, 15) is 26.4 Å². The molecule has 10 nitrogen and oxygen atoms in total. The molecular weight excluding hydrogens is 607 g/mol. The first-order valence-electron chi connectivity index (χ1n) is 13.4. The molecule has 2 fully saturated rings. The predicted octanol–water partition coefficient (Wildman–Crippen LogP) is 4.85. The Morgan fingerprint density at radius 3 is 2.44 bits per heavy atom. The largest absolute Gasteiger partial charge is 0.495 e. The Hall–Kier alpha value is -3.46. The zero-order chi connectivity index (χ0) is 30.5. The summed E-state index contributed by atoms with van der Waals surface area (Å²) in [6.45, 7) is 6.13. The van der Waals surface area contributed by atoms with Gasteiger partial charge in [-0.05, 0) is 63.3 Å². The highest BCUT2D eigenvalue weighted by molar-refractivity contribution is 7.90. The van der Waals surface area contributed by atoms with Crippen molar-refractivity contribution in [1.29, 1.82) is 0 Å². The van der Waals surface area contributed by atoms with Gasteiger partial charge in [-0.2, -0.15) is 26.7 Å². The fraction of sp³-hybridized carbons (Fsp3) is 0.464. The van der Waals surface area contributed by atoms with E-state index in [2.05, 4.69) is 16.7 Å². The first kappa shape index (κ1) is 32.5. The highest BCUT2D eigenvalue weighted by Gasteiger charge is 2.64. The highest BCUT2D eigenvalue weighted by atomic mass is 32.2. The number of amides is 1. The number of hydrogen-bond acceptors (Lipinski definition) is 8. The molecule has 5 rings (SSSR count). The van der Waals surface area contributed by atoms with Crippen LogP contribution in [0.5, 0.6) is 11.6 Å². The Morgan fingerprint density at radius 1 is 1.14 bits per heavy atom. The van der Waals surface area contributed by atoms with Crippen molar-refractivity contribution in [3.05, 3.63) is 54.2 Å². The normalized spacial score (nSPS) is 19.0. The van der Waals surface area contributed by atoms with Gasteiger partial charge in [0.25, 0.3) is 15.9 Å². The number of carbonyl (C=O) groups excluding carboxylic acids is 1. The molecule has 1 aliphatic carbocycles. The molecule has 234 valence electrons. The van der Waals surface area contributed by atoms with E-state index in [0.717, 1.165) is 6.42 Å². The molecule has 1 saturated carbocycles. The molecule has 1 saturated heterocycles. The summed E-state index contributed by atoms with van der Waals surface area (Å²) < 4.78 is 80.2. The van der Waals surface area contributed by atoms with Gasteiger partial charge in [-0.25, -0.2) is 22.8 Å². The fourth-order valence-corrected chi connectivity index (χ4v) is 6.50. The summed E-state index contributed by atoms with van der Waals surface area (Å²) in [5.41, 5.74) is -2.21. The Morgan fingerprint density at radius 2 is 1.84 bits per heavy atom. The van der Waals surface area contributed by atoms with E-state index in [4.69, 9.17) is 14.5 Å². The lowest BCUT2D eigenvalue weighted by Gasteiger charge is -2.34. The van der Waals surface area contributed by atoms with Crippen molar-refractivity contribution in [3.63, 3.8) is 0 Å². The first-order valence-corrected chi connectivity index (χ1v) is 14.9. The quantitative estimate of drug-likeness (QED) is 0.353. The molecule has 0 spiro atoms. The summed E-state index contributed by atoms with van der Waals surface area (Å²) in [5, 5.41) is 4.24. The Kier molecular flexibility index (Phi) is 8.73. The highest BCUT2D eigenvalue weighted by Crippen LogP contribution is 2.57. The van der Waals surface area contributed by atoms with Crippen LogP contribution in [0.1, 0.15) is 50.4 Å². The molecule has 43 heavy (non-hydrogen) atoms. The van der Waals surface area contributed by atoms with E-state index >= 15 is 0 Å². The molecule has 2 aromatic heterocycles. The first-order chi connectivity index (χ1) is 19.7. The van der Waals surface area contributed by atoms with Gasteiger partial charge < -0.3 is 14.4 Å². The van der Waals surface area contributed by atoms with Crippen molar-refractivity contribution in [2.24, 2.45) is 11.3 Å². The number of rotatable bonds is 9. The zero-order valence-corrected chi connectivity index (χ0v) is 25.9. The van der Waals surface area contributed by atoms with Gasteiger partial charge >= 0.3 is 6.18 Å². The molecule has 1 atom stereocenters. The van der Waals surface area contributed by atoms with Gasteiger partial charge in [-0.3, -0.25) is 4.79 Å². The van der Waals surface area contributed by atoms with Crippen LogP contribution in [0.15, 0.2) is 53.6 Å². The van der Waals surface area contributed by atoms with Gasteiger partial charge in [-0.15, -0.1) is 5.10 Å². The third kappa shape index (κ3) is 6.42. The Bertz CT molecular complexity index is 1610. The van der Waals surface area contributed by atoms with Crippen molar-refractivity contribution in [2.45, 2.75) is 56.6 Å². The van der Waals surface area contributed by atoms with Crippen LogP contribution in [-0.4, -0.2) is 61.1 Å². The van der Waals surface area contributed by atoms with Crippen LogP contribution >= 0.6 is 13.5 Å². The number of benzene rings is 1. The maximum Gasteiger partial charge on any atom is 0.397 e.